The molecular formula is C18H14ClNO4. The highest BCUT2D eigenvalue weighted by molar-refractivity contribution is 6.35. The van der Waals surface area contributed by atoms with Crippen molar-refractivity contribution in [1.29, 1.82) is 0 Å². The molecule has 0 unspecified atom stereocenters. The van der Waals surface area contributed by atoms with Gasteiger partial charge in [-0.2, -0.15) is 0 Å². The Hall–Kier alpha value is -2.79. The van der Waals surface area contributed by atoms with Crippen molar-refractivity contribution in [1.82, 2.24) is 5.32 Å². The van der Waals surface area contributed by atoms with E-state index in [0.29, 0.717) is 10.8 Å². The van der Waals surface area contributed by atoms with Gasteiger partial charge in [-0.3, -0.25) is 9.59 Å². The molecule has 122 valence electrons. The van der Waals surface area contributed by atoms with Crippen LogP contribution in [0.1, 0.15) is 17.0 Å². The van der Waals surface area contributed by atoms with Crippen LogP contribution in [-0.2, 0) is 4.79 Å². The highest BCUT2D eigenvalue weighted by Crippen LogP contribution is 2.31. The van der Waals surface area contributed by atoms with Gasteiger partial charge < -0.3 is 14.5 Å². The average molecular weight is 344 g/mol. The number of furan rings is 1. The first-order valence-electron chi connectivity index (χ1n) is 7.35. The largest absolute Gasteiger partial charge is 0.459 e. The van der Waals surface area contributed by atoms with Crippen molar-refractivity contribution in [2.75, 3.05) is 6.54 Å². The molecule has 24 heavy (non-hydrogen) atoms. The van der Waals surface area contributed by atoms with Crippen molar-refractivity contribution in [2.45, 2.75) is 6.42 Å². The Labute approximate surface area is 143 Å². The molecule has 0 saturated carbocycles. The van der Waals surface area contributed by atoms with Crippen LogP contribution in [0.2, 0.25) is 5.02 Å². The van der Waals surface area contributed by atoms with Gasteiger partial charge in [0.25, 0.3) is 5.91 Å². The van der Waals surface area contributed by atoms with Crippen LogP contribution in [-0.4, -0.2) is 18.4 Å². The van der Waals surface area contributed by atoms with Gasteiger partial charge in [-0.1, -0.05) is 35.9 Å². The van der Waals surface area contributed by atoms with Gasteiger partial charge in [0.15, 0.2) is 5.76 Å². The molecule has 1 amide bonds. The number of hydrogen-bond donors (Lipinski definition) is 1. The van der Waals surface area contributed by atoms with Gasteiger partial charge in [0.05, 0.1) is 12.7 Å². The number of carbonyl (C=O) groups excluding carboxylic acids is 2. The van der Waals surface area contributed by atoms with Crippen molar-refractivity contribution >= 4 is 34.2 Å². The molecule has 0 aliphatic rings. The molecule has 5 nitrogen and oxygen atoms in total. The summed E-state index contributed by atoms with van der Waals surface area (Å²) in [5.41, 5.74) is 0. The lowest BCUT2D eigenvalue weighted by Crippen LogP contribution is -2.26. The minimum Gasteiger partial charge on any atom is -0.459 e. The summed E-state index contributed by atoms with van der Waals surface area (Å²) >= 11 is 6.14. The molecule has 1 heterocycles. The summed E-state index contributed by atoms with van der Waals surface area (Å²) < 4.78 is 10.4. The van der Waals surface area contributed by atoms with E-state index in [1.165, 1.54) is 6.26 Å². The molecule has 1 N–H and O–H groups in total. The fourth-order valence-electron chi connectivity index (χ4n) is 2.27. The van der Waals surface area contributed by atoms with Gasteiger partial charge in [-0.15, -0.1) is 0 Å². The predicted molar refractivity (Wildman–Crippen MR) is 90.3 cm³/mol. The van der Waals surface area contributed by atoms with Crippen LogP contribution in [0.15, 0.2) is 59.2 Å². The van der Waals surface area contributed by atoms with E-state index < -0.39 is 5.97 Å². The Bertz CT molecular complexity index is 874. The molecule has 0 fully saturated rings. The lowest BCUT2D eigenvalue weighted by Gasteiger charge is -2.09. The lowest BCUT2D eigenvalue weighted by molar-refractivity contribution is -0.134. The number of halogens is 1. The molecule has 0 aliphatic heterocycles. The highest BCUT2D eigenvalue weighted by atomic mass is 35.5. The van der Waals surface area contributed by atoms with Crippen molar-refractivity contribution in [2.24, 2.45) is 0 Å². The first-order valence-corrected chi connectivity index (χ1v) is 7.72. The Kier molecular flexibility index (Phi) is 4.82. The normalized spacial score (nSPS) is 10.5. The number of carbonyl (C=O) groups is 2. The molecule has 0 radical (unpaired) electrons. The summed E-state index contributed by atoms with van der Waals surface area (Å²) in [7, 11) is 0. The van der Waals surface area contributed by atoms with Crippen LogP contribution in [0, 0.1) is 0 Å². The molecule has 6 heteroatoms. The van der Waals surface area contributed by atoms with Crippen molar-refractivity contribution < 1.29 is 18.7 Å². The molecule has 3 aromatic rings. The predicted octanol–water partition coefficient (Wildman–Crippen LogP) is 3.81. The van der Waals surface area contributed by atoms with Crippen LogP contribution < -0.4 is 10.1 Å². The third kappa shape index (κ3) is 3.58. The van der Waals surface area contributed by atoms with E-state index in [9.17, 15) is 9.59 Å². The maximum Gasteiger partial charge on any atom is 0.312 e. The molecule has 0 atom stereocenters. The standard InChI is InChI=1S/C18H14ClNO4/c19-14-7-8-15(13-5-2-1-4-12(13)14)24-17(21)9-10-20-18(22)16-6-3-11-23-16/h1-8,11H,9-10H2,(H,20,22). The summed E-state index contributed by atoms with van der Waals surface area (Å²) in [6, 6.07) is 13.9. The Balaban J connectivity index is 1.59. The number of amides is 1. The summed E-state index contributed by atoms with van der Waals surface area (Å²) in [5.74, 6) is -0.170. The summed E-state index contributed by atoms with van der Waals surface area (Å²) in [6.45, 7) is 0.157. The first kappa shape index (κ1) is 16.1. The number of fused-ring (bicyclic) bond motifs is 1. The maximum atomic E-state index is 12.0. The molecule has 0 aliphatic carbocycles. The molecular weight excluding hydrogens is 330 g/mol. The Morgan fingerprint density at radius 1 is 1.04 bits per heavy atom. The van der Waals surface area contributed by atoms with Gasteiger partial charge in [0.2, 0.25) is 0 Å². The van der Waals surface area contributed by atoms with E-state index in [4.69, 9.17) is 20.8 Å². The second kappa shape index (κ2) is 7.19. The minimum absolute atomic E-state index is 0.0450. The monoisotopic (exact) mass is 343 g/mol. The zero-order valence-corrected chi connectivity index (χ0v) is 13.4. The van der Waals surface area contributed by atoms with E-state index in [0.717, 1.165) is 10.8 Å². The second-order valence-corrected chi connectivity index (χ2v) is 5.46. The SMILES string of the molecule is O=C(CCNC(=O)c1ccco1)Oc1ccc(Cl)c2ccccc12. The smallest absolute Gasteiger partial charge is 0.312 e. The number of benzene rings is 2. The first-order chi connectivity index (χ1) is 11.6. The Morgan fingerprint density at radius 3 is 2.58 bits per heavy atom. The fourth-order valence-corrected chi connectivity index (χ4v) is 2.50. The van der Waals surface area contributed by atoms with Crippen molar-refractivity contribution in [3.8, 4) is 5.75 Å². The van der Waals surface area contributed by atoms with Crippen LogP contribution in [0.4, 0.5) is 0 Å². The van der Waals surface area contributed by atoms with Crippen molar-refractivity contribution in [3.63, 3.8) is 0 Å². The van der Waals surface area contributed by atoms with Crippen LogP contribution in [0.25, 0.3) is 10.8 Å². The van der Waals surface area contributed by atoms with Gasteiger partial charge in [0.1, 0.15) is 5.75 Å². The molecule has 2 aromatic carbocycles. The lowest BCUT2D eigenvalue weighted by atomic mass is 10.1. The van der Waals surface area contributed by atoms with Crippen LogP contribution in [0.3, 0.4) is 0 Å². The van der Waals surface area contributed by atoms with Crippen LogP contribution >= 0.6 is 11.6 Å². The zero-order valence-electron chi connectivity index (χ0n) is 12.6. The van der Waals surface area contributed by atoms with E-state index in [-0.39, 0.29) is 24.6 Å². The number of esters is 1. The third-order valence-electron chi connectivity index (χ3n) is 3.41. The maximum absolute atomic E-state index is 12.0. The summed E-state index contributed by atoms with van der Waals surface area (Å²) in [6.07, 6.45) is 1.46. The van der Waals surface area contributed by atoms with E-state index >= 15 is 0 Å². The zero-order chi connectivity index (χ0) is 16.9. The quantitative estimate of drug-likeness (QED) is 0.565. The van der Waals surface area contributed by atoms with Gasteiger partial charge in [0, 0.05) is 22.3 Å². The van der Waals surface area contributed by atoms with Gasteiger partial charge in [-0.05, 0) is 24.3 Å². The molecule has 0 saturated heterocycles. The topological polar surface area (TPSA) is 68.5 Å². The molecule has 0 bridgehead atoms. The van der Waals surface area contributed by atoms with Crippen LogP contribution in [0.5, 0.6) is 5.75 Å². The summed E-state index contributed by atoms with van der Waals surface area (Å²) in [4.78, 5) is 23.7. The Morgan fingerprint density at radius 2 is 1.83 bits per heavy atom. The van der Waals surface area contributed by atoms with E-state index in [2.05, 4.69) is 5.32 Å². The fraction of sp³-hybridized carbons (Fsp3) is 0.111. The van der Waals surface area contributed by atoms with Gasteiger partial charge in [-0.25, -0.2) is 0 Å². The highest BCUT2D eigenvalue weighted by Gasteiger charge is 2.12. The number of rotatable bonds is 5. The minimum atomic E-state index is -0.442. The van der Waals surface area contributed by atoms with E-state index in [1.807, 2.05) is 24.3 Å². The second-order valence-electron chi connectivity index (χ2n) is 5.05. The third-order valence-corrected chi connectivity index (χ3v) is 3.74. The van der Waals surface area contributed by atoms with Crippen molar-refractivity contribution in [3.05, 3.63) is 65.6 Å². The van der Waals surface area contributed by atoms with E-state index in [1.54, 1.807) is 24.3 Å². The molecule has 3 rings (SSSR count). The molecule has 0 spiro atoms. The number of hydrogen-bond acceptors (Lipinski definition) is 4. The number of ether oxygens (including phenoxy) is 1. The van der Waals surface area contributed by atoms with Gasteiger partial charge >= 0.3 is 5.97 Å². The number of nitrogens with one attached hydrogen (secondary N) is 1. The molecule has 1 aromatic heterocycles. The average Bonchev–Trinajstić information content (AvgIpc) is 3.12. The summed E-state index contributed by atoms with van der Waals surface area (Å²) in [5, 5.41) is 4.76.